The predicted octanol–water partition coefficient (Wildman–Crippen LogP) is 6.04. The van der Waals surface area contributed by atoms with E-state index < -0.39 is 0 Å². The van der Waals surface area contributed by atoms with Gasteiger partial charge >= 0.3 is 0 Å². The molecule has 164 valence electrons. The summed E-state index contributed by atoms with van der Waals surface area (Å²) in [6.07, 6.45) is 1.83. The molecule has 0 radical (unpaired) electrons. The summed E-state index contributed by atoms with van der Waals surface area (Å²) in [7, 11) is 0. The molecule has 4 aromatic rings. The molecule has 2 aromatic heterocycles. The summed E-state index contributed by atoms with van der Waals surface area (Å²) in [6.45, 7) is 6.91. The summed E-state index contributed by atoms with van der Waals surface area (Å²) >= 11 is 3.46. The maximum absolute atomic E-state index is 12.6. The molecule has 2 heterocycles. The third-order valence-electron chi connectivity index (χ3n) is 5.01. The molecule has 0 aliphatic heterocycles. The van der Waals surface area contributed by atoms with Crippen LogP contribution in [-0.4, -0.2) is 15.7 Å². The first-order valence-electron chi connectivity index (χ1n) is 10.3. The van der Waals surface area contributed by atoms with Gasteiger partial charge in [-0.1, -0.05) is 42.0 Å². The zero-order valence-electron chi connectivity index (χ0n) is 18.2. The summed E-state index contributed by atoms with van der Waals surface area (Å²) in [4.78, 5) is 12.6. The lowest BCUT2D eigenvalue weighted by Crippen LogP contribution is -2.12. The second kappa shape index (κ2) is 9.44. The SMILES string of the molecule is Cc1ccc(Cn2cc(Br)c(NC(=O)c3ccc(COc4cc(C)ccc4C)o3)n2)cc1. The number of carbonyl (C=O) groups is 1. The summed E-state index contributed by atoms with van der Waals surface area (Å²) < 4.78 is 14.0. The number of hydrogen-bond donors (Lipinski definition) is 1. The molecule has 0 aliphatic carbocycles. The Bertz CT molecular complexity index is 1240. The number of halogens is 1. The highest BCUT2D eigenvalue weighted by Gasteiger charge is 2.16. The maximum Gasteiger partial charge on any atom is 0.292 e. The average Bonchev–Trinajstić information content (AvgIpc) is 3.37. The maximum atomic E-state index is 12.6. The highest BCUT2D eigenvalue weighted by atomic mass is 79.9. The van der Waals surface area contributed by atoms with Crippen molar-refractivity contribution in [1.29, 1.82) is 0 Å². The number of rotatable bonds is 7. The van der Waals surface area contributed by atoms with E-state index in [0.29, 0.717) is 22.6 Å². The highest BCUT2D eigenvalue weighted by molar-refractivity contribution is 9.10. The monoisotopic (exact) mass is 493 g/mol. The van der Waals surface area contributed by atoms with E-state index in [2.05, 4.69) is 57.5 Å². The topological polar surface area (TPSA) is 69.3 Å². The molecule has 0 saturated heterocycles. The quantitative estimate of drug-likeness (QED) is 0.340. The molecule has 2 aromatic carbocycles. The van der Waals surface area contributed by atoms with E-state index in [-0.39, 0.29) is 18.3 Å². The van der Waals surface area contributed by atoms with Crippen LogP contribution in [0.3, 0.4) is 0 Å². The van der Waals surface area contributed by atoms with Gasteiger partial charge in [-0.2, -0.15) is 5.10 Å². The number of nitrogens with one attached hydrogen (secondary N) is 1. The number of benzene rings is 2. The van der Waals surface area contributed by atoms with E-state index in [4.69, 9.17) is 9.15 Å². The van der Waals surface area contributed by atoms with Crippen LogP contribution in [0, 0.1) is 20.8 Å². The van der Waals surface area contributed by atoms with Gasteiger partial charge in [0.1, 0.15) is 18.1 Å². The zero-order valence-corrected chi connectivity index (χ0v) is 19.8. The predicted molar refractivity (Wildman–Crippen MR) is 127 cm³/mol. The van der Waals surface area contributed by atoms with Crippen LogP contribution in [-0.2, 0) is 13.2 Å². The van der Waals surface area contributed by atoms with E-state index in [0.717, 1.165) is 22.4 Å². The summed E-state index contributed by atoms with van der Waals surface area (Å²) in [5, 5.41) is 7.26. The van der Waals surface area contributed by atoms with E-state index in [1.807, 2.05) is 38.2 Å². The Labute approximate surface area is 195 Å². The number of hydrogen-bond acceptors (Lipinski definition) is 4. The minimum absolute atomic E-state index is 0.199. The normalized spacial score (nSPS) is 10.9. The van der Waals surface area contributed by atoms with E-state index >= 15 is 0 Å². The van der Waals surface area contributed by atoms with Gasteiger partial charge in [0.25, 0.3) is 5.91 Å². The Hall–Kier alpha value is -3.32. The van der Waals surface area contributed by atoms with Crippen LogP contribution in [0.4, 0.5) is 5.82 Å². The number of amides is 1. The lowest BCUT2D eigenvalue weighted by molar-refractivity contribution is 0.0992. The number of nitrogens with zero attached hydrogens (tertiary/aromatic N) is 2. The van der Waals surface area contributed by atoms with Crippen molar-refractivity contribution >= 4 is 27.7 Å². The van der Waals surface area contributed by atoms with Gasteiger partial charge in [-0.05, 0) is 71.6 Å². The number of ether oxygens (including phenoxy) is 1. The fraction of sp³-hybridized carbons (Fsp3) is 0.200. The first-order valence-corrected chi connectivity index (χ1v) is 11.1. The van der Waals surface area contributed by atoms with Gasteiger partial charge in [-0.3, -0.25) is 9.48 Å². The first kappa shape index (κ1) is 21.9. The van der Waals surface area contributed by atoms with Gasteiger partial charge in [0.05, 0.1) is 11.0 Å². The number of carbonyl (C=O) groups excluding carboxylic acids is 1. The van der Waals surface area contributed by atoms with Crippen LogP contribution >= 0.6 is 15.9 Å². The molecular weight excluding hydrogens is 470 g/mol. The lowest BCUT2D eigenvalue weighted by Gasteiger charge is -2.08. The molecule has 0 fully saturated rings. The Balaban J connectivity index is 1.38. The molecule has 7 heteroatoms. The van der Waals surface area contributed by atoms with E-state index in [1.54, 1.807) is 16.8 Å². The van der Waals surface area contributed by atoms with Gasteiger partial charge in [-0.25, -0.2) is 0 Å². The minimum Gasteiger partial charge on any atom is -0.485 e. The Morgan fingerprint density at radius 3 is 2.59 bits per heavy atom. The second-order valence-electron chi connectivity index (χ2n) is 7.79. The molecule has 0 saturated carbocycles. The van der Waals surface area contributed by atoms with Gasteiger partial charge in [0, 0.05) is 6.20 Å². The highest BCUT2D eigenvalue weighted by Crippen LogP contribution is 2.23. The summed E-state index contributed by atoms with van der Waals surface area (Å²) in [6, 6.07) is 17.7. The number of anilines is 1. The average molecular weight is 494 g/mol. The summed E-state index contributed by atoms with van der Waals surface area (Å²) in [5.41, 5.74) is 4.51. The molecule has 6 nitrogen and oxygen atoms in total. The van der Waals surface area contributed by atoms with Gasteiger partial charge in [0.15, 0.2) is 11.6 Å². The third-order valence-corrected chi connectivity index (χ3v) is 5.59. The molecular formula is C25H24BrN3O3. The van der Waals surface area contributed by atoms with E-state index in [1.165, 1.54) is 5.56 Å². The second-order valence-corrected chi connectivity index (χ2v) is 8.64. The van der Waals surface area contributed by atoms with Crippen molar-refractivity contribution in [2.75, 3.05) is 5.32 Å². The number of aryl methyl sites for hydroxylation is 3. The molecule has 0 atom stereocenters. The largest absolute Gasteiger partial charge is 0.485 e. The van der Waals surface area contributed by atoms with Crippen molar-refractivity contribution < 1.29 is 13.9 Å². The van der Waals surface area contributed by atoms with Crippen molar-refractivity contribution in [3.63, 3.8) is 0 Å². The van der Waals surface area contributed by atoms with Crippen LogP contribution in [0.15, 0.2) is 69.7 Å². The molecule has 0 aliphatic rings. The van der Waals surface area contributed by atoms with Gasteiger partial charge in [0.2, 0.25) is 0 Å². The van der Waals surface area contributed by atoms with E-state index in [9.17, 15) is 4.79 Å². The molecule has 1 amide bonds. The smallest absolute Gasteiger partial charge is 0.292 e. The molecule has 0 spiro atoms. The van der Waals surface area contributed by atoms with Crippen molar-refractivity contribution in [2.45, 2.75) is 33.9 Å². The third kappa shape index (κ3) is 5.29. The van der Waals surface area contributed by atoms with Crippen LogP contribution in [0.1, 0.15) is 38.6 Å². The van der Waals surface area contributed by atoms with Gasteiger partial charge < -0.3 is 14.5 Å². The Kier molecular flexibility index (Phi) is 6.46. The molecule has 32 heavy (non-hydrogen) atoms. The lowest BCUT2D eigenvalue weighted by atomic mass is 10.1. The van der Waals surface area contributed by atoms with Crippen LogP contribution in [0.2, 0.25) is 0 Å². The van der Waals surface area contributed by atoms with Crippen LogP contribution < -0.4 is 10.1 Å². The Morgan fingerprint density at radius 1 is 1.06 bits per heavy atom. The molecule has 0 unspecified atom stereocenters. The fourth-order valence-electron chi connectivity index (χ4n) is 3.20. The molecule has 0 bridgehead atoms. The van der Waals surface area contributed by atoms with Crippen molar-refractivity contribution in [3.8, 4) is 5.75 Å². The van der Waals surface area contributed by atoms with Crippen LogP contribution in [0.5, 0.6) is 5.75 Å². The van der Waals surface area contributed by atoms with Crippen molar-refractivity contribution in [2.24, 2.45) is 0 Å². The molecule has 4 rings (SSSR count). The van der Waals surface area contributed by atoms with Gasteiger partial charge in [-0.15, -0.1) is 0 Å². The van der Waals surface area contributed by atoms with Crippen LogP contribution in [0.25, 0.3) is 0 Å². The van der Waals surface area contributed by atoms with Crippen molar-refractivity contribution in [1.82, 2.24) is 9.78 Å². The summed E-state index contributed by atoms with van der Waals surface area (Å²) in [5.74, 6) is 1.64. The fourth-order valence-corrected chi connectivity index (χ4v) is 3.62. The molecule has 1 N–H and O–H groups in total. The standard InChI is InChI=1S/C25H24BrN3O3/c1-16-5-8-19(9-6-16)13-29-14-21(26)24(28-29)27-25(30)22-11-10-20(32-22)15-31-23-12-17(2)4-7-18(23)3/h4-12,14H,13,15H2,1-3H3,(H,27,28,30). The number of furan rings is 1. The minimum atomic E-state index is -0.371. The zero-order chi connectivity index (χ0) is 22.7. The first-order chi connectivity index (χ1) is 15.4. The van der Waals surface area contributed by atoms with Crippen molar-refractivity contribution in [3.05, 3.63) is 99.0 Å². The number of aromatic nitrogens is 2. The Morgan fingerprint density at radius 2 is 1.81 bits per heavy atom.